The average Bonchev–Trinajstić information content (AvgIpc) is 2.74. The lowest BCUT2D eigenvalue weighted by Crippen LogP contribution is -2.23. The molecule has 1 aliphatic rings. The molecule has 0 saturated carbocycles. The second kappa shape index (κ2) is 7.04. The summed E-state index contributed by atoms with van der Waals surface area (Å²) in [5.74, 6) is 2.48. The van der Waals surface area contributed by atoms with Gasteiger partial charge in [0.1, 0.15) is 10.7 Å². The van der Waals surface area contributed by atoms with Gasteiger partial charge in [-0.3, -0.25) is 0 Å². The molecule has 0 spiro atoms. The quantitative estimate of drug-likeness (QED) is 0.646. The van der Waals surface area contributed by atoms with Gasteiger partial charge >= 0.3 is 0 Å². The van der Waals surface area contributed by atoms with E-state index >= 15 is 0 Å². The number of likely N-dealkylation sites (tertiary alicyclic amines) is 1. The van der Waals surface area contributed by atoms with Crippen LogP contribution in [0.15, 0.2) is 24.3 Å². The van der Waals surface area contributed by atoms with Crippen LogP contribution in [0.4, 0.5) is 0 Å². The zero-order valence-electron chi connectivity index (χ0n) is 12.3. The van der Waals surface area contributed by atoms with Gasteiger partial charge in [0, 0.05) is 25.2 Å². The fraction of sp³-hybridized carbons (Fsp3) is 0.562. The standard InChI is InChI=1S/C16H24N2OS/c1-12-10-18(11-13(12)2)7-4-8-19-15-6-3-5-14(9-15)16(17)20/h3,5-6,9,12-13H,4,7-8,10-11H2,1-2H3,(H2,17,20). The summed E-state index contributed by atoms with van der Waals surface area (Å²) in [5, 5.41) is 0. The van der Waals surface area contributed by atoms with Crippen molar-refractivity contribution in [3.05, 3.63) is 29.8 Å². The Bertz CT molecular complexity index is 454. The van der Waals surface area contributed by atoms with Crippen molar-refractivity contribution in [1.82, 2.24) is 4.90 Å². The van der Waals surface area contributed by atoms with Gasteiger partial charge in [0.05, 0.1) is 6.61 Å². The van der Waals surface area contributed by atoms with Crippen molar-refractivity contribution in [2.24, 2.45) is 17.6 Å². The molecule has 2 N–H and O–H groups in total. The van der Waals surface area contributed by atoms with Crippen molar-refractivity contribution >= 4 is 17.2 Å². The molecule has 1 saturated heterocycles. The third-order valence-electron chi connectivity index (χ3n) is 4.07. The maximum absolute atomic E-state index is 5.77. The Morgan fingerprint density at radius 3 is 2.70 bits per heavy atom. The van der Waals surface area contributed by atoms with E-state index in [1.54, 1.807) is 0 Å². The first-order chi connectivity index (χ1) is 9.56. The van der Waals surface area contributed by atoms with Gasteiger partial charge in [-0.2, -0.15) is 0 Å². The highest BCUT2D eigenvalue weighted by atomic mass is 32.1. The van der Waals surface area contributed by atoms with Crippen molar-refractivity contribution in [3.8, 4) is 5.75 Å². The summed E-state index contributed by atoms with van der Waals surface area (Å²) in [5.41, 5.74) is 6.48. The van der Waals surface area contributed by atoms with Crippen molar-refractivity contribution < 1.29 is 4.74 Å². The monoisotopic (exact) mass is 292 g/mol. The van der Waals surface area contributed by atoms with Gasteiger partial charge in [0.25, 0.3) is 0 Å². The molecular formula is C16H24N2OS. The van der Waals surface area contributed by atoms with Crippen LogP contribution >= 0.6 is 12.2 Å². The molecule has 20 heavy (non-hydrogen) atoms. The lowest BCUT2D eigenvalue weighted by Gasteiger charge is -2.15. The maximum atomic E-state index is 5.77. The van der Waals surface area contributed by atoms with Crippen LogP contribution in [0.25, 0.3) is 0 Å². The number of nitrogens with two attached hydrogens (primary N) is 1. The van der Waals surface area contributed by atoms with Gasteiger partial charge in [-0.05, 0) is 30.4 Å². The molecule has 3 nitrogen and oxygen atoms in total. The summed E-state index contributed by atoms with van der Waals surface area (Å²) in [6.07, 6.45) is 1.05. The molecule has 2 atom stereocenters. The van der Waals surface area contributed by atoms with Crippen LogP contribution in [0.3, 0.4) is 0 Å². The van der Waals surface area contributed by atoms with E-state index in [2.05, 4.69) is 18.7 Å². The number of nitrogens with zero attached hydrogens (tertiary/aromatic N) is 1. The summed E-state index contributed by atoms with van der Waals surface area (Å²) in [7, 11) is 0. The Balaban J connectivity index is 1.71. The fourth-order valence-corrected chi connectivity index (χ4v) is 2.78. The molecular weight excluding hydrogens is 268 g/mol. The molecule has 4 heteroatoms. The maximum Gasteiger partial charge on any atom is 0.119 e. The first-order valence-corrected chi connectivity index (χ1v) is 7.72. The molecule has 2 rings (SSSR count). The number of thiocarbonyl (C=S) groups is 1. The summed E-state index contributed by atoms with van der Waals surface area (Å²) in [6, 6.07) is 7.68. The summed E-state index contributed by atoms with van der Waals surface area (Å²) < 4.78 is 5.77. The lowest BCUT2D eigenvalue weighted by molar-refractivity contribution is 0.258. The van der Waals surface area contributed by atoms with Crippen LogP contribution in [0.1, 0.15) is 25.8 Å². The van der Waals surface area contributed by atoms with E-state index in [0.717, 1.165) is 42.7 Å². The molecule has 0 radical (unpaired) electrons. The largest absolute Gasteiger partial charge is 0.494 e. The van der Waals surface area contributed by atoms with E-state index in [1.807, 2.05) is 24.3 Å². The molecule has 0 bridgehead atoms. The number of ether oxygens (including phenoxy) is 1. The van der Waals surface area contributed by atoms with Crippen LogP contribution in [0.2, 0.25) is 0 Å². The Kier molecular flexibility index (Phi) is 5.38. The van der Waals surface area contributed by atoms with E-state index in [1.165, 1.54) is 13.1 Å². The van der Waals surface area contributed by atoms with Gasteiger partial charge in [0.2, 0.25) is 0 Å². The van der Waals surface area contributed by atoms with E-state index in [9.17, 15) is 0 Å². The number of hydrogen-bond donors (Lipinski definition) is 1. The molecule has 0 amide bonds. The molecule has 1 heterocycles. The first-order valence-electron chi connectivity index (χ1n) is 7.31. The van der Waals surface area contributed by atoms with E-state index in [4.69, 9.17) is 22.7 Å². The number of rotatable bonds is 6. The van der Waals surface area contributed by atoms with Crippen LogP contribution in [-0.4, -0.2) is 36.1 Å². The molecule has 0 aromatic heterocycles. The van der Waals surface area contributed by atoms with Gasteiger partial charge in [-0.25, -0.2) is 0 Å². The predicted molar refractivity (Wildman–Crippen MR) is 87.2 cm³/mol. The fourth-order valence-electron chi connectivity index (χ4n) is 2.65. The van der Waals surface area contributed by atoms with Gasteiger partial charge in [-0.15, -0.1) is 0 Å². The van der Waals surface area contributed by atoms with E-state index in [-0.39, 0.29) is 0 Å². The zero-order chi connectivity index (χ0) is 14.5. The minimum atomic E-state index is 0.412. The second-order valence-corrected chi connectivity index (χ2v) is 6.25. The second-order valence-electron chi connectivity index (χ2n) is 5.81. The summed E-state index contributed by atoms with van der Waals surface area (Å²) in [4.78, 5) is 2.94. The summed E-state index contributed by atoms with van der Waals surface area (Å²) >= 11 is 4.97. The molecule has 2 unspecified atom stereocenters. The van der Waals surface area contributed by atoms with Crippen LogP contribution in [-0.2, 0) is 0 Å². The van der Waals surface area contributed by atoms with Gasteiger partial charge in [0.15, 0.2) is 0 Å². The SMILES string of the molecule is CC1CN(CCCOc2cccc(C(N)=S)c2)CC1C. The lowest BCUT2D eigenvalue weighted by atomic mass is 10.0. The molecule has 110 valence electrons. The number of benzene rings is 1. The molecule has 0 aliphatic carbocycles. The van der Waals surface area contributed by atoms with Crippen LogP contribution < -0.4 is 10.5 Å². The zero-order valence-corrected chi connectivity index (χ0v) is 13.2. The molecule has 1 aliphatic heterocycles. The molecule has 1 fully saturated rings. The van der Waals surface area contributed by atoms with Crippen molar-refractivity contribution in [1.29, 1.82) is 0 Å². The van der Waals surface area contributed by atoms with Crippen molar-refractivity contribution in [2.75, 3.05) is 26.2 Å². The summed E-state index contributed by atoms with van der Waals surface area (Å²) in [6.45, 7) is 8.96. The van der Waals surface area contributed by atoms with Gasteiger partial charge in [-0.1, -0.05) is 38.2 Å². The minimum absolute atomic E-state index is 0.412. The van der Waals surface area contributed by atoms with E-state index in [0.29, 0.717) is 4.99 Å². The predicted octanol–water partition coefficient (Wildman–Crippen LogP) is 2.68. The third kappa shape index (κ3) is 4.18. The Morgan fingerprint density at radius 1 is 1.35 bits per heavy atom. The first kappa shape index (κ1) is 15.3. The highest BCUT2D eigenvalue weighted by Crippen LogP contribution is 2.22. The van der Waals surface area contributed by atoms with Gasteiger partial charge < -0.3 is 15.4 Å². The highest BCUT2D eigenvalue weighted by molar-refractivity contribution is 7.80. The Morgan fingerprint density at radius 2 is 2.05 bits per heavy atom. The topological polar surface area (TPSA) is 38.5 Å². The molecule has 1 aromatic rings. The van der Waals surface area contributed by atoms with Crippen molar-refractivity contribution in [3.63, 3.8) is 0 Å². The number of hydrogen-bond acceptors (Lipinski definition) is 3. The minimum Gasteiger partial charge on any atom is -0.494 e. The molecule has 1 aromatic carbocycles. The normalized spacial score (nSPS) is 22.9. The van der Waals surface area contributed by atoms with Crippen LogP contribution in [0, 0.1) is 11.8 Å². The highest BCUT2D eigenvalue weighted by Gasteiger charge is 2.25. The Labute approximate surface area is 127 Å². The van der Waals surface area contributed by atoms with Crippen molar-refractivity contribution in [2.45, 2.75) is 20.3 Å². The average molecular weight is 292 g/mol. The van der Waals surface area contributed by atoms with Crippen LogP contribution in [0.5, 0.6) is 5.75 Å². The van der Waals surface area contributed by atoms with E-state index < -0.39 is 0 Å². The Hall–Kier alpha value is -1.13. The third-order valence-corrected chi connectivity index (χ3v) is 4.31. The smallest absolute Gasteiger partial charge is 0.119 e.